The van der Waals surface area contributed by atoms with Crippen LogP contribution in [-0.4, -0.2) is 5.91 Å². The molecule has 0 aliphatic carbocycles. The number of benzene rings is 1. The number of aryl methyl sites for hydroxylation is 1. The summed E-state index contributed by atoms with van der Waals surface area (Å²) in [5, 5.41) is 2.84. The van der Waals surface area contributed by atoms with E-state index >= 15 is 0 Å². The molecule has 0 atom stereocenters. The Morgan fingerprint density at radius 3 is 2.67 bits per heavy atom. The molecule has 0 spiro atoms. The fourth-order valence-corrected chi connectivity index (χ4v) is 1.78. The maximum absolute atomic E-state index is 11.6. The SMILES string of the molecule is O=C(CCCc1ccccc1)NCc1ccco1. The maximum Gasteiger partial charge on any atom is 0.220 e. The zero-order valence-electron chi connectivity index (χ0n) is 10.3. The Morgan fingerprint density at radius 2 is 1.94 bits per heavy atom. The Hall–Kier alpha value is -2.03. The number of rotatable bonds is 6. The highest BCUT2D eigenvalue weighted by Crippen LogP contribution is 2.05. The third-order valence-corrected chi connectivity index (χ3v) is 2.75. The smallest absolute Gasteiger partial charge is 0.220 e. The Morgan fingerprint density at radius 1 is 1.11 bits per heavy atom. The molecule has 2 rings (SSSR count). The van der Waals surface area contributed by atoms with E-state index in [2.05, 4.69) is 17.4 Å². The van der Waals surface area contributed by atoms with Gasteiger partial charge in [0.1, 0.15) is 5.76 Å². The number of furan rings is 1. The van der Waals surface area contributed by atoms with Gasteiger partial charge in [0.2, 0.25) is 5.91 Å². The molecule has 2 aromatic rings. The second-order valence-electron chi connectivity index (χ2n) is 4.20. The Kier molecular flexibility index (Phi) is 4.59. The predicted molar refractivity (Wildman–Crippen MR) is 69.9 cm³/mol. The topological polar surface area (TPSA) is 42.2 Å². The van der Waals surface area contributed by atoms with Crippen molar-refractivity contribution >= 4 is 5.91 Å². The number of carbonyl (C=O) groups excluding carboxylic acids is 1. The molecule has 94 valence electrons. The van der Waals surface area contributed by atoms with Crippen molar-refractivity contribution in [3.05, 3.63) is 60.1 Å². The van der Waals surface area contributed by atoms with Crippen molar-refractivity contribution in [1.29, 1.82) is 0 Å². The molecule has 3 heteroatoms. The summed E-state index contributed by atoms with van der Waals surface area (Å²) in [5.41, 5.74) is 1.27. The van der Waals surface area contributed by atoms with Crippen molar-refractivity contribution in [2.75, 3.05) is 0 Å². The van der Waals surface area contributed by atoms with Crippen LogP contribution < -0.4 is 5.32 Å². The van der Waals surface area contributed by atoms with Crippen LogP contribution in [0.1, 0.15) is 24.2 Å². The van der Waals surface area contributed by atoms with Crippen molar-refractivity contribution in [1.82, 2.24) is 5.32 Å². The fraction of sp³-hybridized carbons (Fsp3) is 0.267. The summed E-state index contributed by atoms with van der Waals surface area (Å²) >= 11 is 0. The van der Waals surface area contributed by atoms with Crippen LogP contribution in [0.15, 0.2) is 53.1 Å². The highest BCUT2D eigenvalue weighted by Gasteiger charge is 2.02. The van der Waals surface area contributed by atoms with Crippen molar-refractivity contribution < 1.29 is 9.21 Å². The normalized spacial score (nSPS) is 10.2. The minimum atomic E-state index is 0.0716. The highest BCUT2D eigenvalue weighted by atomic mass is 16.3. The van der Waals surface area contributed by atoms with Gasteiger partial charge in [-0.25, -0.2) is 0 Å². The molecular formula is C15H17NO2. The van der Waals surface area contributed by atoms with Gasteiger partial charge < -0.3 is 9.73 Å². The molecule has 0 fully saturated rings. The van der Waals surface area contributed by atoms with Gasteiger partial charge in [-0.3, -0.25) is 4.79 Å². The zero-order valence-corrected chi connectivity index (χ0v) is 10.3. The first kappa shape index (κ1) is 12.4. The van der Waals surface area contributed by atoms with Crippen LogP contribution in [-0.2, 0) is 17.8 Å². The molecule has 0 saturated carbocycles. The first-order valence-electron chi connectivity index (χ1n) is 6.17. The summed E-state index contributed by atoms with van der Waals surface area (Å²) < 4.78 is 5.14. The van der Waals surface area contributed by atoms with Gasteiger partial charge in [0.25, 0.3) is 0 Å². The van der Waals surface area contributed by atoms with E-state index in [-0.39, 0.29) is 5.91 Å². The second kappa shape index (κ2) is 6.64. The standard InChI is InChI=1S/C15H17NO2/c17-15(16-12-14-9-5-11-18-14)10-4-8-13-6-2-1-3-7-13/h1-3,5-7,9,11H,4,8,10,12H2,(H,16,17). The molecule has 0 aliphatic rings. The quantitative estimate of drug-likeness (QED) is 0.847. The van der Waals surface area contributed by atoms with E-state index in [1.54, 1.807) is 6.26 Å². The molecular weight excluding hydrogens is 226 g/mol. The van der Waals surface area contributed by atoms with E-state index in [0.717, 1.165) is 18.6 Å². The first-order chi connectivity index (χ1) is 8.84. The summed E-state index contributed by atoms with van der Waals surface area (Å²) in [6.07, 6.45) is 3.97. The average molecular weight is 243 g/mol. The number of hydrogen-bond donors (Lipinski definition) is 1. The van der Waals surface area contributed by atoms with E-state index in [1.807, 2.05) is 30.3 Å². The van der Waals surface area contributed by atoms with Crippen LogP contribution in [0.5, 0.6) is 0 Å². The van der Waals surface area contributed by atoms with Gasteiger partial charge >= 0.3 is 0 Å². The van der Waals surface area contributed by atoms with Gasteiger partial charge in [-0.05, 0) is 30.5 Å². The average Bonchev–Trinajstić information content (AvgIpc) is 2.91. The lowest BCUT2D eigenvalue weighted by atomic mass is 10.1. The Bertz CT molecular complexity index is 463. The van der Waals surface area contributed by atoms with Gasteiger partial charge in [-0.1, -0.05) is 30.3 Å². The summed E-state index contributed by atoms with van der Waals surface area (Å²) in [7, 11) is 0. The van der Waals surface area contributed by atoms with Crippen molar-refractivity contribution in [2.45, 2.75) is 25.8 Å². The predicted octanol–water partition coefficient (Wildman–Crippen LogP) is 2.92. The third kappa shape index (κ3) is 4.09. The molecule has 0 unspecified atom stereocenters. The van der Waals surface area contributed by atoms with Crippen LogP contribution in [0.25, 0.3) is 0 Å². The monoisotopic (exact) mass is 243 g/mol. The lowest BCUT2D eigenvalue weighted by Crippen LogP contribution is -2.22. The number of hydrogen-bond acceptors (Lipinski definition) is 2. The lowest BCUT2D eigenvalue weighted by molar-refractivity contribution is -0.121. The third-order valence-electron chi connectivity index (χ3n) is 2.75. The Balaban J connectivity index is 1.63. The summed E-state index contributed by atoms with van der Waals surface area (Å²) in [6, 6.07) is 13.9. The molecule has 18 heavy (non-hydrogen) atoms. The van der Waals surface area contributed by atoms with Crippen LogP contribution >= 0.6 is 0 Å². The number of carbonyl (C=O) groups is 1. The van der Waals surface area contributed by atoms with E-state index in [1.165, 1.54) is 5.56 Å². The zero-order chi connectivity index (χ0) is 12.6. The van der Waals surface area contributed by atoms with Crippen LogP contribution in [0.2, 0.25) is 0 Å². The van der Waals surface area contributed by atoms with E-state index in [4.69, 9.17) is 4.42 Å². The van der Waals surface area contributed by atoms with E-state index in [9.17, 15) is 4.79 Å². The van der Waals surface area contributed by atoms with Crippen LogP contribution in [0.3, 0.4) is 0 Å². The highest BCUT2D eigenvalue weighted by molar-refractivity contribution is 5.75. The van der Waals surface area contributed by atoms with Gasteiger partial charge in [0.15, 0.2) is 0 Å². The molecule has 1 amide bonds. The van der Waals surface area contributed by atoms with Gasteiger partial charge in [0, 0.05) is 6.42 Å². The van der Waals surface area contributed by atoms with Crippen LogP contribution in [0.4, 0.5) is 0 Å². The minimum Gasteiger partial charge on any atom is -0.467 e. The van der Waals surface area contributed by atoms with E-state index < -0.39 is 0 Å². The maximum atomic E-state index is 11.6. The molecule has 0 saturated heterocycles. The van der Waals surface area contributed by atoms with Gasteiger partial charge in [-0.2, -0.15) is 0 Å². The van der Waals surface area contributed by atoms with Crippen molar-refractivity contribution in [2.24, 2.45) is 0 Å². The molecule has 3 nitrogen and oxygen atoms in total. The van der Waals surface area contributed by atoms with E-state index in [0.29, 0.717) is 13.0 Å². The molecule has 0 bridgehead atoms. The molecule has 1 aromatic heterocycles. The molecule has 1 N–H and O–H groups in total. The molecule has 1 heterocycles. The molecule has 1 aromatic carbocycles. The van der Waals surface area contributed by atoms with Gasteiger partial charge in [0.05, 0.1) is 12.8 Å². The second-order valence-corrected chi connectivity index (χ2v) is 4.20. The summed E-state index contributed by atoms with van der Waals surface area (Å²) in [4.78, 5) is 11.6. The summed E-state index contributed by atoms with van der Waals surface area (Å²) in [5.74, 6) is 0.855. The fourth-order valence-electron chi connectivity index (χ4n) is 1.78. The number of nitrogens with one attached hydrogen (secondary N) is 1. The minimum absolute atomic E-state index is 0.0716. The largest absolute Gasteiger partial charge is 0.467 e. The molecule has 0 aliphatic heterocycles. The number of amides is 1. The lowest BCUT2D eigenvalue weighted by Gasteiger charge is -2.03. The van der Waals surface area contributed by atoms with Crippen molar-refractivity contribution in [3.63, 3.8) is 0 Å². The van der Waals surface area contributed by atoms with Gasteiger partial charge in [-0.15, -0.1) is 0 Å². The molecule has 0 radical (unpaired) electrons. The van der Waals surface area contributed by atoms with Crippen molar-refractivity contribution in [3.8, 4) is 0 Å². The Labute approximate surface area is 107 Å². The first-order valence-corrected chi connectivity index (χ1v) is 6.17. The summed E-state index contributed by atoms with van der Waals surface area (Å²) in [6.45, 7) is 0.469. The van der Waals surface area contributed by atoms with Crippen LogP contribution in [0, 0.1) is 0 Å².